The van der Waals surface area contributed by atoms with Gasteiger partial charge >= 0.3 is 12.1 Å². The van der Waals surface area contributed by atoms with Gasteiger partial charge in [0.2, 0.25) is 5.91 Å². The van der Waals surface area contributed by atoms with Gasteiger partial charge in [0, 0.05) is 38.4 Å². The third-order valence-corrected chi connectivity index (χ3v) is 6.92. The van der Waals surface area contributed by atoms with Crippen molar-refractivity contribution in [3.8, 4) is 0 Å². The van der Waals surface area contributed by atoms with Gasteiger partial charge in [0.25, 0.3) is 0 Å². The summed E-state index contributed by atoms with van der Waals surface area (Å²) < 4.78 is 10.7. The third-order valence-electron chi connectivity index (χ3n) is 6.92. The number of carbonyl (C=O) groups is 3. The molecule has 8 nitrogen and oxygen atoms in total. The Morgan fingerprint density at radius 1 is 1.00 bits per heavy atom. The molecule has 33 heavy (non-hydrogen) atoms. The highest BCUT2D eigenvalue weighted by Crippen LogP contribution is 2.55. The van der Waals surface area contributed by atoms with Crippen molar-refractivity contribution >= 4 is 23.7 Å². The number of piperazine rings is 1. The maximum Gasteiger partial charge on any atom is 0.410 e. The average Bonchev–Trinajstić information content (AvgIpc) is 3.55. The molecule has 0 bridgehead atoms. The quantitative estimate of drug-likeness (QED) is 0.650. The van der Waals surface area contributed by atoms with E-state index in [-0.39, 0.29) is 11.3 Å². The van der Waals surface area contributed by atoms with Crippen molar-refractivity contribution in [2.45, 2.75) is 51.7 Å². The number of piperidine rings is 1. The Balaban J connectivity index is 1.55. The van der Waals surface area contributed by atoms with Gasteiger partial charge in [0.1, 0.15) is 11.6 Å². The number of carbonyl (C=O) groups excluding carboxylic acids is 3. The highest BCUT2D eigenvalue weighted by molar-refractivity contribution is 5.91. The summed E-state index contributed by atoms with van der Waals surface area (Å²) in [5, 5.41) is 0. The van der Waals surface area contributed by atoms with Crippen LogP contribution in [-0.4, -0.2) is 79.2 Å². The molecule has 3 fully saturated rings. The van der Waals surface area contributed by atoms with Gasteiger partial charge in [-0.2, -0.15) is 0 Å². The summed E-state index contributed by atoms with van der Waals surface area (Å²) >= 11 is 0. The fraction of sp³-hybridized carbons (Fsp3) is 0.640. The maximum absolute atomic E-state index is 13.8. The molecule has 1 aliphatic carbocycles. The van der Waals surface area contributed by atoms with Gasteiger partial charge in [-0.05, 0) is 57.6 Å². The Morgan fingerprint density at radius 2 is 1.64 bits per heavy atom. The zero-order valence-corrected chi connectivity index (χ0v) is 20.1. The van der Waals surface area contributed by atoms with Crippen molar-refractivity contribution in [3.05, 3.63) is 30.3 Å². The lowest BCUT2D eigenvalue weighted by Crippen LogP contribution is -2.63. The molecule has 0 N–H and O–H groups in total. The van der Waals surface area contributed by atoms with Crippen LogP contribution in [0.1, 0.15) is 40.0 Å². The topological polar surface area (TPSA) is 79.4 Å². The number of para-hydroxylation sites is 1. The van der Waals surface area contributed by atoms with Crippen LogP contribution < -0.4 is 4.90 Å². The van der Waals surface area contributed by atoms with Gasteiger partial charge < -0.3 is 19.3 Å². The minimum absolute atomic E-state index is 0.113. The van der Waals surface area contributed by atoms with E-state index in [0.29, 0.717) is 39.1 Å². The van der Waals surface area contributed by atoms with Crippen LogP contribution >= 0.6 is 0 Å². The third kappa shape index (κ3) is 5.09. The van der Waals surface area contributed by atoms with Gasteiger partial charge in [-0.1, -0.05) is 18.2 Å². The van der Waals surface area contributed by atoms with Crippen LogP contribution in [0.4, 0.5) is 10.5 Å². The van der Waals surface area contributed by atoms with E-state index < -0.39 is 29.6 Å². The van der Waals surface area contributed by atoms with Gasteiger partial charge in [-0.15, -0.1) is 0 Å². The molecule has 0 unspecified atom stereocenters. The minimum Gasteiger partial charge on any atom is -0.460 e. The molecular weight excluding hydrogens is 422 g/mol. The molecule has 1 spiro atoms. The fourth-order valence-electron chi connectivity index (χ4n) is 5.06. The first-order chi connectivity index (χ1) is 15.6. The molecule has 4 rings (SSSR count). The van der Waals surface area contributed by atoms with Crippen molar-refractivity contribution in [1.82, 2.24) is 9.80 Å². The van der Waals surface area contributed by atoms with Crippen molar-refractivity contribution in [3.63, 3.8) is 0 Å². The number of nitrogens with zero attached hydrogens (tertiary/aromatic N) is 3. The number of hydrogen-bond donors (Lipinski definition) is 0. The molecule has 2 heterocycles. The molecule has 1 saturated carbocycles. The van der Waals surface area contributed by atoms with E-state index in [1.54, 1.807) is 4.90 Å². The van der Waals surface area contributed by atoms with Crippen LogP contribution in [0.15, 0.2) is 30.3 Å². The first kappa shape index (κ1) is 23.4. The first-order valence-corrected chi connectivity index (χ1v) is 11.8. The summed E-state index contributed by atoms with van der Waals surface area (Å²) in [6.07, 6.45) is 1.89. The number of likely N-dealkylation sites (tertiary alicyclic amines) is 1. The zero-order chi connectivity index (χ0) is 23.8. The SMILES string of the molecule is COC(=O)N1CC2(CC2)C[C@H](C(=O)OC(C)(C)C)[C@H]1C(=O)N1CCN(c2ccccc2)CC1. The lowest BCUT2D eigenvalue weighted by Gasteiger charge is -2.45. The van der Waals surface area contributed by atoms with Crippen LogP contribution in [-0.2, 0) is 19.1 Å². The summed E-state index contributed by atoms with van der Waals surface area (Å²) in [5.74, 6) is -1.30. The molecule has 2 amide bonds. The lowest BCUT2D eigenvalue weighted by atomic mass is 9.80. The number of rotatable bonds is 3. The predicted octanol–water partition coefficient (Wildman–Crippen LogP) is 2.91. The standard InChI is InChI=1S/C25H35N3O5/c1-24(2,3)33-22(30)19-16-25(10-11-25)17-28(23(31)32-4)20(19)21(29)27-14-12-26(13-15-27)18-8-6-5-7-9-18/h5-9,19-20H,10-17H2,1-4H3/t19-,20-/m0/s1. The molecule has 3 aliphatic rings. The number of hydrogen-bond acceptors (Lipinski definition) is 6. The molecule has 2 aliphatic heterocycles. The molecule has 8 heteroatoms. The van der Waals surface area contributed by atoms with Crippen molar-refractivity contribution in [2.24, 2.45) is 11.3 Å². The number of methoxy groups -OCH3 is 1. The van der Waals surface area contributed by atoms with Gasteiger partial charge in [0.15, 0.2) is 0 Å². The second-order valence-corrected chi connectivity index (χ2v) is 10.5. The summed E-state index contributed by atoms with van der Waals surface area (Å²) in [4.78, 5) is 45.3. The number of esters is 1. The molecule has 180 valence electrons. The van der Waals surface area contributed by atoms with Crippen molar-refractivity contribution < 1.29 is 23.9 Å². The lowest BCUT2D eigenvalue weighted by molar-refractivity contribution is -0.169. The van der Waals surface area contributed by atoms with E-state index in [0.717, 1.165) is 18.5 Å². The molecule has 1 aromatic rings. The van der Waals surface area contributed by atoms with Crippen molar-refractivity contribution in [1.29, 1.82) is 0 Å². The van der Waals surface area contributed by atoms with Gasteiger partial charge in [-0.25, -0.2) is 4.79 Å². The smallest absolute Gasteiger partial charge is 0.410 e. The molecule has 2 saturated heterocycles. The average molecular weight is 458 g/mol. The van der Waals surface area contributed by atoms with Crippen LogP contribution in [0.25, 0.3) is 0 Å². The molecular formula is C25H35N3O5. The van der Waals surface area contributed by atoms with E-state index in [4.69, 9.17) is 9.47 Å². The van der Waals surface area contributed by atoms with E-state index >= 15 is 0 Å². The minimum atomic E-state index is -0.901. The van der Waals surface area contributed by atoms with Crippen LogP contribution in [0.5, 0.6) is 0 Å². The summed E-state index contributed by atoms with van der Waals surface area (Å²) in [5.41, 5.74) is 0.343. The number of benzene rings is 1. The molecule has 2 atom stereocenters. The van der Waals surface area contributed by atoms with Crippen LogP contribution in [0, 0.1) is 11.3 Å². The Bertz CT molecular complexity index is 885. The number of anilines is 1. The van der Waals surface area contributed by atoms with Crippen LogP contribution in [0.3, 0.4) is 0 Å². The van der Waals surface area contributed by atoms with E-state index in [2.05, 4.69) is 17.0 Å². The van der Waals surface area contributed by atoms with E-state index in [1.165, 1.54) is 12.0 Å². The Labute approximate surface area is 195 Å². The molecule has 0 aromatic heterocycles. The summed E-state index contributed by atoms with van der Waals surface area (Å²) in [6, 6.07) is 9.21. The van der Waals surface area contributed by atoms with Crippen molar-refractivity contribution in [2.75, 3.05) is 44.7 Å². The largest absolute Gasteiger partial charge is 0.460 e. The van der Waals surface area contributed by atoms with Gasteiger partial charge in [0.05, 0.1) is 13.0 Å². The highest BCUT2D eigenvalue weighted by atomic mass is 16.6. The normalized spacial score (nSPS) is 24.4. The summed E-state index contributed by atoms with van der Waals surface area (Å²) in [7, 11) is 1.32. The highest BCUT2D eigenvalue weighted by Gasteiger charge is 2.58. The zero-order valence-electron chi connectivity index (χ0n) is 20.1. The fourth-order valence-corrected chi connectivity index (χ4v) is 5.06. The summed E-state index contributed by atoms with van der Waals surface area (Å²) in [6.45, 7) is 8.36. The molecule has 1 aromatic carbocycles. The second-order valence-electron chi connectivity index (χ2n) is 10.5. The monoisotopic (exact) mass is 457 g/mol. The number of amides is 2. The Morgan fingerprint density at radius 3 is 2.18 bits per heavy atom. The van der Waals surface area contributed by atoms with Gasteiger partial charge in [-0.3, -0.25) is 14.5 Å². The van der Waals surface area contributed by atoms with E-state index in [9.17, 15) is 14.4 Å². The van der Waals surface area contributed by atoms with Crippen LogP contribution in [0.2, 0.25) is 0 Å². The molecule has 0 radical (unpaired) electrons. The number of ether oxygens (including phenoxy) is 2. The first-order valence-electron chi connectivity index (χ1n) is 11.8. The second kappa shape index (κ2) is 8.88. The van der Waals surface area contributed by atoms with E-state index in [1.807, 2.05) is 39.0 Å². The maximum atomic E-state index is 13.8. The Kier molecular flexibility index (Phi) is 6.29. The Hall–Kier alpha value is -2.77. The predicted molar refractivity (Wildman–Crippen MR) is 124 cm³/mol.